The lowest BCUT2D eigenvalue weighted by Crippen LogP contribution is -2.02. The van der Waals surface area contributed by atoms with Gasteiger partial charge in [-0.2, -0.15) is 5.10 Å². The lowest BCUT2D eigenvalue weighted by Gasteiger charge is -2.11. The standard InChI is InChI=1S/C16H23N3O2/c1-10(2)8-13-15(18-19(3)16(13)17)12-7-6-11(20-4)9-14(12)21-5/h6-7,9-10H,8,17H2,1-5H3. The molecule has 0 radical (unpaired) electrons. The van der Waals surface area contributed by atoms with Gasteiger partial charge in [-0.1, -0.05) is 13.8 Å². The van der Waals surface area contributed by atoms with Crippen LogP contribution in [0.4, 0.5) is 5.82 Å². The fourth-order valence-corrected chi connectivity index (χ4v) is 2.40. The highest BCUT2D eigenvalue weighted by Gasteiger charge is 2.19. The number of aromatic nitrogens is 2. The Morgan fingerprint density at radius 1 is 1.24 bits per heavy atom. The van der Waals surface area contributed by atoms with Gasteiger partial charge in [-0.25, -0.2) is 0 Å². The molecule has 5 nitrogen and oxygen atoms in total. The van der Waals surface area contributed by atoms with Crippen LogP contribution in [0.25, 0.3) is 11.3 Å². The Morgan fingerprint density at radius 3 is 2.52 bits per heavy atom. The molecule has 0 fully saturated rings. The van der Waals surface area contributed by atoms with Crippen molar-refractivity contribution >= 4 is 5.82 Å². The molecule has 0 amide bonds. The maximum Gasteiger partial charge on any atom is 0.132 e. The van der Waals surface area contributed by atoms with Crippen LogP contribution in [0.15, 0.2) is 18.2 Å². The molecule has 0 spiro atoms. The predicted molar refractivity (Wildman–Crippen MR) is 84.7 cm³/mol. The Bertz CT molecular complexity index is 633. The fourth-order valence-electron chi connectivity index (χ4n) is 2.40. The summed E-state index contributed by atoms with van der Waals surface area (Å²) in [5.41, 5.74) is 9.05. The van der Waals surface area contributed by atoms with Crippen molar-refractivity contribution in [2.75, 3.05) is 20.0 Å². The van der Waals surface area contributed by atoms with Crippen molar-refractivity contribution in [3.05, 3.63) is 23.8 Å². The topological polar surface area (TPSA) is 62.3 Å². The van der Waals surface area contributed by atoms with E-state index in [1.54, 1.807) is 18.9 Å². The number of ether oxygens (including phenoxy) is 2. The van der Waals surface area contributed by atoms with Crippen molar-refractivity contribution < 1.29 is 9.47 Å². The van der Waals surface area contributed by atoms with Crippen molar-refractivity contribution in [2.45, 2.75) is 20.3 Å². The van der Waals surface area contributed by atoms with Gasteiger partial charge in [0.2, 0.25) is 0 Å². The summed E-state index contributed by atoms with van der Waals surface area (Å²) in [6, 6.07) is 5.73. The summed E-state index contributed by atoms with van der Waals surface area (Å²) in [6.45, 7) is 4.34. The van der Waals surface area contributed by atoms with E-state index in [0.29, 0.717) is 11.7 Å². The summed E-state index contributed by atoms with van der Waals surface area (Å²) >= 11 is 0. The van der Waals surface area contributed by atoms with Gasteiger partial charge < -0.3 is 15.2 Å². The number of nitrogens with two attached hydrogens (primary N) is 1. The first-order valence-corrected chi connectivity index (χ1v) is 7.01. The minimum atomic E-state index is 0.500. The average molecular weight is 289 g/mol. The van der Waals surface area contributed by atoms with Crippen LogP contribution in [-0.4, -0.2) is 24.0 Å². The second kappa shape index (κ2) is 6.08. The largest absolute Gasteiger partial charge is 0.497 e. The Morgan fingerprint density at radius 2 is 1.95 bits per heavy atom. The van der Waals surface area contributed by atoms with Crippen molar-refractivity contribution in [1.29, 1.82) is 0 Å². The molecule has 0 aliphatic heterocycles. The summed E-state index contributed by atoms with van der Waals surface area (Å²) in [6.07, 6.45) is 0.879. The molecule has 5 heteroatoms. The van der Waals surface area contributed by atoms with Crippen molar-refractivity contribution in [1.82, 2.24) is 9.78 Å². The average Bonchev–Trinajstić information content (AvgIpc) is 2.74. The number of aryl methyl sites for hydroxylation is 1. The highest BCUT2D eigenvalue weighted by atomic mass is 16.5. The first-order valence-electron chi connectivity index (χ1n) is 7.01. The van der Waals surface area contributed by atoms with Crippen molar-refractivity contribution in [3.8, 4) is 22.8 Å². The Labute approximate surface area is 125 Å². The molecule has 0 saturated heterocycles. The molecule has 114 valence electrons. The maximum absolute atomic E-state index is 6.17. The third-order valence-electron chi connectivity index (χ3n) is 3.47. The molecule has 1 aromatic carbocycles. The van der Waals surface area contributed by atoms with Gasteiger partial charge in [-0.15, -0.1) is 0 Å². The Balaban J connectivity index is 2.58. The normalized spacial score (nSPS) is 11.0. The summed E-state index contributed by atoms with van der Waals surface area (Å²) in [5.74, 6) is 2.69. The van der Waals surface area contributed by atoms with Crippen LogP contribution < -0.4 is 15.2 Å². The highest BCUT2D eigenvalue weighted by molar-refractivity contribution is 5.74. The number of rotatable bonds is 5. The van der Waals surface area contributed by atoms with Crippen molar-refractivity contribution in [3.63, 3.8) is 0 Å². The number of benzene rings is 1. The number of nitrogens with zero attached hydrogens (tertiary/aromatic N) is 2. The fraction of sp³-hybridized carbons (Fsp3) is 0.438. The van der Waals surface area contributed by atoms with E-state index in [1.165, 1.54) is 0 Å². The van der Waals surface area contributed by atoms with E-state index in [0.717, 1.165) is 34.7 Å². The number of anilines is 1. The predicted octanol–water partition coefficient (Wildman–Crippen LogP) is 2.89. The van der Waals surface area contributed by atoms with Crippen LogP contribution in [-0.2, 0) is 13.5 Å². The molecule has 2 aromatic rings. The van der Waals surface area contributed by atoms with Crippen LogP contribution in [0.5, 0.6) is 11.5 Å². The first kappa shape index (κ1) is 15.2. The van der Waals surface area contributed by atoms with E-state index in [4.69, 9.17) is 15.2 Å². The Kier molecular flexibility index (Phi) is 4.40. The number of hydrogen-bond donors (Lipinski definition) is 1. The van der Waals surface area contributed by atoms with Gasteiger partial charge in [0.25, 0.3) is 0 Å². The van der Waals surface area contributed by atoms with Gasteiger partial charge in [0.15, 0.2) is 0 Å². The molecule has 0 aliphatic rings. The van der Waals surface area contributed by atoms with Crippen LogP contribution in [0, 0.1) is 5.92 Å². The highest BCUT2D eigenvalue weighted by Crippen LogP contribution is 2.36. The maximum atomic E-state index is 6.17. The summed E-state index contributed by atoms with van der Waals surface area (Å²) in [4.78, 5) is 0. The summed E-state index contributed by atoms with van der Waals surface area (Å²) < 4.78 is 12.4. The number of methoxy groups -OCH3 is 2. The van der Waals surface area contributed by atoms with Crippen LogP contribution in [0.2, 0.25) is 0 Å². The van der Waals surface area contributed by atoms with Gasteiger partial charge in [0.05, 0.1) is 14.2 Å². The minimum absolute atomic E-state index is 0.500. The third kappa shape index (κ3) is 2.96. The molecular formula is C16H23N3O2. The van der Waals surface area contributed by atoms with E-state index in [-0.39, 0.29) is 0 Å². The Hall–Kier alpha value is -2.17. The van der Waals surface area contributed by atoms with E-state index >= 15 is 0 Å². The first-order chi connectivity index (χ1) is 9.97. The summed E-state index contributed by atoms with van der Waals surface area (Å²) in [5, 5.41) is 4.57. The van der Waals surface area contributed by atoms with Crippen molar-refractivity contribution in [2.24, 2.45) is 13.0 Å². The van der Waals surface area contributed by atoms with Gasteiger partial charge >= 0.3 is 0 Å². The zero-order chi connectivity index (χ0) is 15.6. The molecular weight excluding hydrogens is 266 g/mol. The third-order valence-corrected chi connectivity index (χ3v) is 3.47. The van der Waals surface area contributed by atoms with E-state index in [1.807, 2.05) is 25.2 Å². The minimum Gasteiger partial charge on any atom is -0.497 e. The molecule has 0 bridgehead atoms. The molecule has 2 rings (SSSR count). The van der Waals surface area contributed by atoms with Gasteiger partial charge in [0, 0.05) is 24.2 Å². The van der Waals surface area contributed by atoms with Gasteiger partial charge in [0.1, 0.15) is 23.0 Å². The van der Waals surface area contributed by atoms with Gasteiger partial charge in [-0.05, 0) is 24.5 Å². The van der Waals surface area contributed by atoms with E-state index < -0.39 is 0 Å². The van der Waals surface area contributed by atoms with Gasteiger partial charge in [-0.3, -0.25) is 4.68 Å². The second-order valence-corrected chi connectivity index (χ2v) is 5.50. The molecule has 0 unspecified atom stereocenters. The SMILES string of the molecule is COc1ccc(-c2nn(C)c(N)c2CC(C)C)c(OC)c1. The molecule has 1 aromatic heterocycles. The van der Waals surface area contributed by atoms with Crippen LogP contribution in [0.3, 0.4) is 0 Å². The lowest BCUT2D eigenvalue weighted by molar-refractivity contribution is 0.395. The molecule has 0 aliphatic carbocycles. The second-order valence-electron chi connectivity index (χ2n) is 5.50. The zero-order valence-electron chi connectivity index (χ0n) is 13.3. The zero-order valence-corrected chi connectivity index (χ0v) is 13.3. The monoisotopic (exact) mass is 289 g/mol. The molecule has 21 heavy (non-hydrogen) atoms. The quantitative estimate of drug-likeness (QED) is 0.919. The summed E-state index contributed by atoms with van der Waals surface area (Å²) in [7, 11) is 5.14. The van der Waals surface area contributed by atoms with Crippen LogP contribution >= 0.6 is 0 Å². The number of hydrogen-bond acceptors (Lipinski definition) is 4. The van der Waals surface area contributed by atoms with E-state index in [9.17, 15) is 0 Å². The molecule has 2 N–H and O–H groups in total. The molecule has 0 saturated carbocycles. The van der Waals surface area contributed by atoms with E-state index in [2.05, 4.69) is 18.9 Å². The lowest BCUT2D eigenvalue weighted by atomic mass is 9.98. The smallest absolute Gasteiger partial charge is 0.132 e. The molecule has 0 atom stereocenters. The van der Waals surface area contributed by atoms with Crippen LogP contribution in [0.1, 0.15) is 19.4 Å². The number of nitrogen functional groups attached to an aromatic ring is 1. The molecule has 1 heterocycles.